The van der Waals surface area contributed by atoms with E-state index in [-0.39, 0.29) is 24.3 Å². The minimum absolute atomic E-state index is 0.00997. The summed E-state index contributed by atoms with van der Waals surface area (Å²) in [7, 11) is 0. The van der Waals surface area contributed by atoms with Crippen LogP contribution in [-0.4, -0.2) is 34.7 Å². The van der Waals surface area contributed by atoms with Crippen molar-refractivity contribution in [2.75, 3.05) is 13.1 Å². The van der Waals surface area contributed by atoms with Crippen LogP contribution in [0.2, 0.25) is 0 Å². The maximum Gasteiger partial charge on any atom is 0.254 e. The molecule has 1 aromatic heterocycles. The second-order valence-electron chi connectivity index (χ2n) is 8.34. The first-order valence-electron chi connectivity index (χ1n) is 10.7. The number of hydrogen-bond donors (Lipinski definition) is 0. The lowest BCUT2D eigenvalue weighted by molar-refractivity contribution is -0.133. The number of rotatable bonds is 9. The maximum absolute atomic E-state index is 13.4. The van der Waals surface area contributed by atoms with Gasteiger partial charge < -0.3 is 14.2 Å². The molecular weight excluding hydrogens is 468 g/mol. The maximum atomic E-state index is 13.4. The number of hydrogen-bond acceptors (Lipinski definition) is 3. The number of amides is 2. The topological polar surface area (TPSA) is 53.8 Å². The summed E-state index contributed by atoms with van der Waals surface area (Å²) in [4.78, 5) is 30.0. The Morgan fingerprint density at radius 1 is 0.938 bits per heavy atom. The summed E-state index contributed by atoms with van der Waals surface area (Å²) in [6.07, 6.45) is 0. The van der Waals surface area contributed by atoms with Crippen LogP contribution in [0.25, 0.3) is 0 Å². The van der Waals surface area contributed by atoms with Crippen LogP contribution in [0.15, 0.2) is 75.6 Å². The molecule has 6 heteroatoms. The van der Waals surface area contributed by atoms with Gasteiger partial charge in [0.2, 0.25) is 5.91 Å². The zero-order chi connectivity index (χ0) is 23.1. The summed E-state index contributed by atoms with van der Waals surface area (Å²) < 4.78 is 6.55. The largest absolute Gasteiger partial charge is 0.464 e. The second-order valence-corrected chi connectivity index (χ2v) is 9.25. The van der Waals surface area contributed by atoms with Gasteiger partial charge in [0, 0.05) is 23.1 Å². The predicted molar refractivity (Wildman–Crippen MR) is 129 cm³/mol. The fourth-order valence-electron chi connectivity index (χ4n) is 3.52. The molecule has 0 radical (unpaired) electrons. The Balaban J connectivity index is 1.82. The Kier molecular flexibility index (Phi) is 8.28. The first-order valence-corrected chi connectivity index (χ1v) is 11.5. The number of halogens is 1. The first kappa shape index (κ1) is 23.8. The molecule has 32 heavy (non-hydrogen) atoms. The highest BCUT2D eigenvalue weighted by Gasteiger charge is 2.24. The van der Waals surface area contributed by atoms with Crippen molar-refractivity contribution in [1.29, 1.82) is 0 Å². The van der Waals surface area contributed by atoms with Gasteiger partial charge in [-0.3, -0.25) is 9.59 Å². The van der Waals surface area contributed by atoms with E-state index >= 15 is 0 Å². The summed E-state index contributed by atoms with van der Waals surface area (Å²) in [5.41, 5.74) is 1.59. The van der Waals surface area contributed by atoms with Crippen molar-refractivity contribution in [3.8, 4) is 0 Å². The van der Waals surface area contributed by atoms with E-state index < -0.39 is 0 Å². The molecule has 0 spiro atoms. The lowest BCUT2D eigenvalue weighted by Gasteiger charge is -2.28. The molecule has 5 nitrogen and oxygen atoms in total. The lowest BCUT2D eigenvalue weighted by atomic mass is 10.1. The summed E-state index contributed by atoms with van der Waals surface area (Å²) in [6.45, 7) is 7.26. The molecule has 168 valence electrons. The van der Waals surface area contributed by atoms with Crippen molar-refractivity contribution in [3.63, 3.8) is 0 Å². The minimum atomic E-state index is -0.151. The Labute approximate surface area is 198 Å². The van der Waals surface area contributed by atoms with Gasteiger partial charge in [0.15, 0.2) is 0 Å². The monoisotopic (exact) mass is 496 g/mol. The van der Waals surface area contributed by atoms with E-state index in [9.17, 15) is 9.59 Å². The van der Waals surface area contributed by atoms with Crippen molar-refractivity contribution < 1.29 is 14.0 Å². The standard InChI is InChI=1S/C26H29BrN2O3/c1-19(2)15-29(26(31)22-10-7-11-23(27)14-22)18-25(30)28(16-21-8-5-4-6-9-21)17-24-13-12-20(3)32-24/h4-14,19H,15-18H2,1-3H3. The number of furan rings is 1. The summed E-state index contributed by atoms with van der Waals surface area (Å²) in [5, 5.41) is 0. The normalized spacial score (nSPS) is 10.9. The van der Waals surface area contributed by atoms with Crippen LogP contribution < -0.4 is 0 Å². The third-order valence-electron chi connectivity index (χ3n) is 4.98. The molecule has 0 N–H and O–H groups in total. The molecule has 0 bridgehead atoms. The van der Waals surface area contributed by atoms with Crippen LogP contribution in [0.4, 0.5) is 0 Å². The lowest BCUT2D eigenvalue weighted by Crippen LogP contribution is -2.43. The molecule has 0 aliphatic rings. The van der Waals surface area contributed by atoms with E-state index in [1.165, 1.54) is 0 Å². The summed E-state index contributed by atoms with van der Waals surface area (Å²) >= 11 is 3.42. The minimum Gasteiger partial charge on any atom is -0.464 e. The van der Waals surface area contributed by atoms with E-state index in [2.05, 4.69) is 15.9 Å². The van der Waals surface area contributed by atoms with Crippen LogP contribution in [0.1, 0.15) is 41.3 Å². The van der Waals surface area contributed by atoms with Crippen LogP contribution >= 0.6 is 15.9 Å². The smallest absolute Gasteiger partial charge is 0.254 e. The van der Waals surface area contributed by atoms with Gasteiger partial charge in [0.05, 0.1) is 6.54 Å². The average Bonchev–Trinajstić information content (AvgIpc) is 3.17. The van der Waals surface area contributed by atoms with E-state index in [0.29, 0.717) is 25.2 Å². The van der Waals surface area contributed by atoms with Gasteiger partial charge in [-0.25, -0.2) is 0 Å². The molecule has 0 aliphatic heterocycles. The van der Waals surface area contributed by atoms with E-state index in [0.717, 1.165) is 21.6 Å². The van der Waals surface area contributed by atoms with Crippen LogP contribution in [0.3, 0.4) is 0 Å². The molecule has 0 aliphatic carbocycles. The van der Waals surface area contributed by atoms with Crippen LogP contribution in [-0.2, 0) is 17.9 Å². The van der Waals surface area contributed by atoms with Crippen LogP contribution in [0, 0.1) is 12.8 Å². The Hall–Kier alpha value is -2.86. The van der Waals surface area contributed by atoms with Crippen LogP contribution in [0.5, 0.6) is 0 Å². The zero-order valence-electron chi connectivity index (χ0n) is 18.8. The fourth-order valence-corrected chi connectivity index (χ4v) is 3.92. The molecule has 2 amide bonds. The van der Waals surface area contributed by atoms with E-state index in [1.54, 1.807) is 21.9 Å². The van der Waals surface area contributed by atoms with Crippen molar-refractivity contribution in [2.45, 2.75) is 33.9 Å². The summed E-state index contributed by atoms with van der Waals surface area (Å²) in [6, 6.07) is 20.9. The third-order valence-corrected chi connectivity index (χ3v) is 5.48. The van der Waals surface area contributed by atoms with Crippen molar-refractivity contribution >= 4 is 27.7 Å². The van der Waals surface area contributed by atoms with Gasteiger partial charge >= 0.3 is 0 Å². The number of carbonyl (C=O) groups is 2. The SMILES string of the molecule is Cc1ccc(CN(Cc2ccccc2)C(=O)CN(CC(C)C)C(=O)c2cccc(Br)c2)o1. The molecule has 3 rings (SSSR count). The van der Waals surface area contributed by atoms with Gasteiger partial charge in [-0.15, -0.1) is 0 Å². The van der Waals surface area contributed by atoms with Crippen molar-refractivity contribution in [2.24, 2.45) is 5.92 Å². The Bertz CT molecular complexity index is 1050. The summed E-state index contributed by atoms with van der Waals surface area (Å²) in [5.74, 6) is 1.49. The van der Waals surface area contributed by atoms with Gasteiger partial charge in [-0.1, -0.05) is 66.2 Å². The second kappa shape index (κ2) is 11.1. The fraction of sp³-hybridized carbons (Fsp3) is 0.308. The highest BCUT2D eigenvalue weighted by atomic mass is 79.9. The van der Waals surface area contributed by atoms with Gasteiger partial charge in [-0.2, -0.15) is 0 Å². The molecule has 2 aromatic carbocycles. The van der Waals surface area contributed by atoms with Gasteiger partial charge in [0.1, 0.15) is 18.1 Å². The first-order chi connectivity index (χ1) is 15.3. The van der Waals surface area contributed by atoms with E-state index in [4.69, 9.17) is 4.42 Å². The molecule has 0 atom stereocenters. The number of aryl methyl sites for hydroxylation is 1. The van der Waals surface area contributed by atoms with E-state index in [1.807, 2.05) is 75.4 Å². The van der Waals surface area contributed by atoms with Gasteiger partial charge in [-0.05, 0) is 48.7 Å². The Morgan fingerprint density at radius 3 is 2.31 bits per heavy atom. The number of benzene rings is 2. The molecule has 3 aromatic rings. The third kappa shape index (κ3) is 6.82. The number of nitrogens with zero attached hydrogens (tertiary/aromatic N) is 2. The highest BCUT2D eigenvalue weighted by molar-refractivity contribution is 9.10. The molecule has 0 fully saturated rings. The average molecular weight is 497 g/mol. The molecule has 0 saturated carbocycles. The predicted octanol–water partition coefficient (Wildman–Crippen LogP) is 5.68. The quantitative estimate of drug-likeness (QED) is 0.383. The van der Waals surface area contributed by atoms with Gasteiger partial charge in [0.25, 0.3) is 5.91 Å². The van der Waals surface area contributed by atoms with Crippen molar-refractivity contribution in [3.05, 3.63) is 93.9 Å². The molecule has 0 unspecified atom stereocenters. The highest BCUT2D eigenvalue weighted by Crippen LogP contribution is 2.17. The number of carbonyl (C=O) groups excluding carboxylic acids is 2. The molecule has 1 heterocycles. The van der Waals surface area contributed by atoms with Crippen molar-refractivity contribution in [1.82, 2.24) is 9.80 Å². The Morgan fingerprint density at radius 2 is 1.69 bits per heavy atom. The molecular formula is C26H29BrN2O3. The molecule has 0 saturated heterocycles. The zero-order valence-corrected chi connectivity index (χ0v) is 20.3.